The van der Waals surface area contributed by atoms with Crippen LogP contribution in [0.1, 0.15) is 12.8 Å². The van der Waals surface area contributed by atoms with Crippen molar-refractivity contribution in [1.82, 2.24) is 35.0 Å². The number of fused-ring (bicyclic) bond motifs is 1. The van der Waals surface area contributed by atoms with Crippen LogP contribution in [0, 0.1) is 5.82 Å². The van der Waals surface area contributed by atoms with Crippen LogP contribution in [0.15, 0.2) is 36.9 Å². The number of hydrogen-bond donors (Lipinski definition) is 1. The van der Waals surface area contributed by atoms with Gasteiger partial charge in [0.15, 0.2) is 17.2 Å². The second-order valence-corrected chi connectivity index (χ2v) is 8.11. The van der Waals surface area contributed by atoms with E-state index in [0.29, 0.717) is 35.4 Å². The summed E-state index contributed by atoms with van der Waals surface area (Å²) in [6.07, 6.45) is 7.68. The lowest BCUT2D eigenvalue weighted by Gasteiger charge is -2.27. The number of nitrogens with one attached hydrogen (secondary N) is 1. The molecule has 1 unspecified atom stereocenters. The Labute approximate surface area is 199 Å². The van der Waals surface area contributed by atoms with Crippen molar-refractivity contribution in [2.75, 3.05) is 25.7 Å². The van der Waals surface area contributed by atoms with E-state index in [-0.39, 0.29) is 35.9 Å². The molecule has 3 aromatic heterocycles. The van der Waals surface area contributed by atoms with Crippen molar-refractivity contribution in [2.24, 2.45) is 7.05 Å². The van der Waals surface area contributed by atoms with Crippen molar-refractivity contribution in [3.05, 3.63) is 42.7 Å². The van der Waals surface area contributed by atoms with E-state index in [1.54, 1.807) is 28.0 Å². The van der Waals surface area contributed by atoms with Gasteiger partial charge in [-0.3, -0.25) is 9.48 Å². The van der Waals surface area contributed by atoms with E-state index in [2.05, 4.69) is 30.4 Å². The van der Waals surface area contributed by atoms with E-state index in [1.807, 2.05) is 13.2 Å². The molecular weight excluding hydrogens is 455 g/mol. The summed E-state index contributed by atoms with van der Waals surface area (Å²) in [5.41, 5.74) is 2.36. The Kier molecular flexibility index (Phi) is 5.85. The van der Waals surface area contributed by atoms with Gasteiger partial charge >= 0.3 is 0 Å². The molecule has 11 nitrogen and oxygen atoms in total. The lowest BCUT2D eigenvalue weighted by Crippen LogP contribution is -2.37. The first-order chi connectivity index (χ1) is 16.9. The van der Waals surface area contributed by atoms with Crippen LogP contribution < -0.4 is 19.7 Å². The minimum atomic E-state index is -0.600. The smallest absolute Gasteiger partial charge is 0.232 e. The van der Waals surface area contributed by atoms with Crippen molar-refractivity contribution >= 4 is 28.7 Å². The SMILES string of the molecule is COc1cc(OC)c(F)c(N(CC2CCC(=O)N2)c2ncc3ncc(-c4cnn(C)c4)nc3n2)c1. The monoisotopic (exact) mass is 478 g/mol. The van der Waals surface area contributed by atoms with E-state index in [9.17, 15) is 4.79 Å². The van der Waals surface area contributed by atoms with E-state index in [4.69, 9.17) is 9.47 Å². The first-order valence-electron chi connectivity index (χ1n) is 10.9. The van der Waals surface area contributed by atoms with Gasteiger partial charge in [-0.2, -0.15) is 10.1 Å². The summed E-state index contributed by atoms with van der Waals surface area (Å²) >= 11 is 0. The molecule has 0 radical (unpaired) electrons. The first kappa shape index (κ1) is 22.4. The maximum absolute atomic E-state index is 15.5. The molecule has 0 spiro atoms. The van der Waals surface area contributed by atoms with Crippen molar-refractivity contribution < 1.29 is 18.7 Å². The van der Waals surface area contributed by atoms with E-state index in [1.165, 1.54) is 26.5 Å². The largest absolute Gasteiger partial charge is 0.497 e. The zero-order chi connectivity index (χ0) is 24.5. The molecule has 1 aliphatic rings. The molecule has 1 aliphatic heterocycles. The molecule has 35 heavy (non-hydrogen) atoms. The summed E-state index contributed by atoms with van der Waals surface area (Å²) in [7, 11) is 4.68. The van der Waals surface area contributed by atoms with E-state index in [0.717, 1.165) is 5.56 Å². The maximum Gasteiger partial charge on any atom is 0.232 e. The predicted octanol–water partition coefficient (Wildman–Crippen LogP) is 2.39. The summed E-state index contributed by atoms with van der Waals surface area (Å²) in [5.74, 6) is -0.0375. The highest BCUT2D eigenvalue weighted by atomic mass is 19.1. The van der Waals surface area contributed by atoms with Crippen LogP contribution in [0.2, 0.25) is 0 Å². The average Bonchev–Trinajstić information content (AvgIpc) is 3.50. The van der Waals surface area contributed by atoms with E-state index < -0.39 is 5.82 Å². The van der Waals surface area contributed by atoms with Gasteiger partial charge in [-0.05, 0) is 6.42 Å². The molecule has 1 fully saturated rings. The number of amides is 1. The molecule has 1 aromatic carbocycles. The van der Waals surface area contributed by atoms with Crippen molar-refractivity contribution in [2.45, 2.75) is 18.9 Å². The number of hydrogen-bond acceptors (Lipinski definition) is 9. The third-order valence-electron chi connectivity index (χ3n) is 5.76. The highest BCUT2D eigenvalue weighted by molar-refractivity contribution is 5.79. The zero-order valence-corrected chi connectivity index (χ0v) is 19.4. The fourth-order valence-electron chi connectivity index (χ4n) is 3.97. The number of benzene rings is 1. The van der Waals surface area contributed by atoms with Gasteiger partial charge in [0.25, 0.3) is 0 Å². The lowest BCUT2D eigenvalue weighted by atomic mass is 10.2. The molecule has 12 heteroatoms. The average molecular weight is 478 g/mol. The Morgan fingerprint density at radius 2 is 2.03 bits per heavy atom. The number of anilines is 2. The minimum Gasteiger partial charge on any atom is -0.497 e. The van der Waals surface area contributed by atoms with Crippen molar-refractivity contribution in [3.8, 4) is 22.8 Å². The molecule has 0 bridgehead atoms. The Balaban J connectivity index is 1.61. The number of rotatable bonds is 7. The second-order valence-electron chi connectivity index (χ2n) is 8.11. The number of carbonyl (C=O) groups excluding carboxylic acids is 1. The normalized spacial score (nSPS) is 15.3. The number of ether oxygens (including phenoxy) is 2. The number of carbonyl (C=O) groups is 1. The number of nitrogens with zero attached hydrogens (tertiary/aromatic N) is 7. The van der Waals surface area contributed by atoms with Gasteiger partial charge in [-0.25, -0.2) is 19.3 Å². The molecule has 1 saturated heterocycles. The highest BCUT2D eigenvalue weighted by Crippen LogP contribution is 2.36. The standard InChI is InChI=1S/C23H23FN8O3/c1-31-11-13(8-27-31)16-9-25-17-10-26-23(30-22(17)29-16)32(12-14-4-5-20(33)28-14)18-6-15(34-2)7-19(35-3)21(18)24/h6-11,14H,4-5,12H2,1-3H3,(H,28,33). The van der Waals surface area contributed by atoms with Crippen LogP contribution in [-0.4, -0.2) is 62.4 Å². The molecule has 0 aliphatic carbocycles. The molecule has 4 heterocycles. The van der Waals surface area contributed by atoms with Crippen LogP contribution in [0.3, 0.4) is 0 Å². The Bertz CT molecular complexity index is 1410. The lowest BCUT2D eigenvalue weighted by molar-refractivity contribution is -0.119. The van der Waals surface area contributed by atoms with Gasteiger partial charge in [0.2, 0.25) is 11.9 Å². The summed E-state index contributed by atoms with van der Waals surface area (Å²) < 4.78 is 27.7. The van der Waals surface area contributed by atoms with Crippen LogP contribution in [0.25, 0.3) is 22.4 Å². The van der Waals surface area contributed by atoms with E-state index >= 15 is 4.39 Å². The number of aryl methyl sites for hydroxylation is 1. The van der Waals surface area contributed by atoms with Crippen LogP contribution in [-0.2, 0) is 11.8 Å². The van der Waals surface area contributed by atoms with Crippen molar-refractivity contribution in [1.29, 1.82) is 0 Å². The highest BCUT2D eigenvalue weighted by Gasteiger charge is 2.28. The number of halogens is 1. The Morgan fingerprint density at radius 3 is 2.71 bits per heavy atom. The number of methoxy groups -OCH3 is 2. The molecular formula is C23H23FN8O3. The number of aromatic nitrogens is 6. The summed E-state index contributed by atoms with van der Waals surface area (Å²) in [4.78, 5) is 31.5. The molecule has 0 saturated carbocycles. The fraction of sp³-hybridized carbons (Fsp3) is 0.304. The quantitative estimate of drug-likeness (QED) is 0.427. The molecule has 4 aromatic rings. The summed E-state index contributed by atoms with van der Waals surface area (Å²) in [6, 6.07) is 2.78. The molecule has 1 N–H and O–H groups in total. The molecule has 5 rings (SSSR count). The first-order valence-corrected chi connectivity index (χ1v) is 10.9. The van der Waals surface area contributed by atoms with Gasteiger partial charge in [0, 0.05) is 49.9 Å². The van der Waals surface area contributed by atoms with Crippen LogP contribution >= 0.6 is 0 Å². The Hall–Kier alpha value is -4.35. The van der Waals surface area contributed by atoms with Gasteiger partial charge in [-0.1, -0.05) is 0 Å². The maximum atomic E-state index is 15.5. The summed E-state index contributed by atoms with van der Waals surface area (Å²) in [5, 5.41) is 7.08. The second kappa shape index (κ2) is 9.12. The fourth-order valence-corrected chi connectivity index (χ4v) is 3.97. The Morgan fingerprint density at radius 1 is 1.17 bits per heavy atom. The van der Waals surface area contributed by atoms with Crippen molar-refractivity contribution in [3.63, 3.8) is 0 Å². The van der Waals surface area contributed by atoms with Gasteiger partial charge in [0.05, 0.1) is 44.2 Å². The zero-order valence-electron chi connectivity index (χ0n) is 19.4. The predicted molar refractivity (Wildman–Crippen MR) is 125 cm³/mol. The van der Waals surface area contributed by atoms with Crippen LogP contribution in [0.4, 0.5) is 16.0 Å². The third kappa shape index (κ3) is 4.42. The van der Waals surface area contributed by atoms with Gasteiger partial charge in [0.1, 0.15) is 11.3 Å². The van der Waals surface area contributed by atoms with Gasteiger partial charge < -0.3 is 19.7 Å². The molecule has 1 amide bonds. The topological polar surface area (TPSA) is 120 Å². The van der Waals surface area contributed by atoms with Crippen LogP contribution in [0.5, 0.6) is 11.5 Å². The third-order valence-corrected chi connectivity index (χ3v) is 5.76. The van der Waals surface area contributed by atoms with Gasteiger partial charge in [-0.15, -0.1) is 0 Å². The molecule has 1 atom stereocenters. The minimum absolute atomic E-state index is 0.0132. The summed E-state index contributed by atoms with van der Waals surface area (Å²) in [6.45, 7) is 0.236. The molecule has 180 valence electrons.